The van der Waals surface area contributed by atoms with Crippen LogP contribution in [0.2, 0.25) is 0 Å². The number of nitrogens with one attached hydrogen (secondary N) is 2. The van der Waals surface area contributed by atoms with Crippen LogP contribution < -0.4 is 10.6 Å². The molecule has 8 heteroatoms. The van der Waals surface area contributed by atoms with E-state index in [1.165, 1.54) is 0 Å². The summed E-state index contributed by atoms with van der Waals surface area (Å²) in [6, 6.07) is 11.8. The predicted molar refractivity (Wildman–Crippen MR) is 133 cm³/mol. The highest BCUT2D eigenvalue weighted by molar-refractivity contribution is 6.79. The number of benzene rings is 2. The van der Waals surface area contributed by atoms with Gasteiger partial charge in [-0.2, -0.15) is 0 Å². The van der Waals surface area contributed by atoms with Crippen LogP contribution in [0, 0.1) is 11.8 Å². The molecule has 1 saturated carbocycles. The Morgan fingerprint density at radius 3 is 2.29 bits per heavy atom. The van der Waals surface area contributed by atoms with Gasteiger partial charge in [-0.15, -0.1) is 0 Å². The van der Waals surface area contributed by atoms with Crippen molar-refractivity contribution >= 4 is 35.4 Å². The van der Waals surface area contributed by atoms with Crippen LogP contribution in [-0.2, 0) is 20.8 Å². The number of carbonyl (C=O) groups excluding carboxylic acids is 3. The molecule has 4 N–H and O–H groups in total. The maximum absolute atomic E-state index is 13.4. The van der Waals surface area contributed by atoms with Gasteiger partial charge in [0.1, 0.15) is 6.04 Å². The molecule has 1 aliphatic rings. The molecule has 1 aliphatic carbocycles. The lowest BCUT2D eigenvalue weighted by molar-refractivity contribution is -0.132. The van der Waals surface area contributed by atoms with E-state index in [1.807, 2.05) is 56.3 Å². The summed E-state index contributed by atoms with van der Waals surface area (Å²) in [4.78, 5) is 38.8. The van der Waals surface area contributed by atoms with Crippen molar-refractivity contribution in [3.63, 3.8) is 0 Å². The largest absolute Gasteiger partial charge is 0.529 e. The van der Waals surface area contributed by atoms with Gasteiger partial charge in [0.05, 0.1) is 6.04 Å². The van der Waals surface area contributed by atoms with Crippen molar-refractivity contribution in [1.82, 2.24) is 10.6 Å². The van der Waals surface area contributed by atoms with E-state index in [4.69, 9.17) is 0 Å². The Bertz CT molecular complexity index is 998. The minimum Gasteiger partial charge on any atom is -0.421 e. The fourth-order valence-corrected chi connectivity index (χ4v) is 4.72. The fraction of sp³-hybridized carbons (Fsp3) is 0.500. The zero-order chi connectivity index (χ0) is 24.7. The van der Waals surface area contributed by atoms with Gasteiger partial charge in [0.25, 0.3) is 0 Å². The van der Waals surface area contributed by atoms with Gasteiger partial charge in [0, 0.05) is 12.3 Å². The molecule has 0 bridgehead atoms. The zero-order valence-electron chi connectivity index (χ0n) is 20.0. The first-order chi connectivity index (χ1) is 16.3. The Morgan fingerprint density at radius 1 is 0.941 bits per heavy atom. The Hall–Kier alpha value is -2.71. The van der Waals surface area contributed by atoms with Crippen LogP contribution in [-0.4, -0.2) is 46.7 Å². The predicted octanol–water partition coefficient (Wildman–Crippen LogP) is 2.56. The molecule has 2 amide bonds. The van der Waals surface area contributed by atoms with Crippen LogP contribution in [0.1, 0.15) is 57.9 Å². The van der Waals surface area contributed by atoms with E-state index < -0.39 is 30.8 Å². The highest BCUT2D eigenvalue weighted by Crippen LogP contribution is 2.24. The molecule has 2 aromatic carbocycles. The Labute approximate surface area is 201 Å². The normalized spacial score (nSPS) is 16.1. The lowest BCUT2D eigenvalue weighted by Gasteiger charge is -2.27. The molecule has 2 aromatic rings. The molecule has 0 unspecified atom stereocenters. The summed E-state index contributed by atoms with van der Waals surface area (Å²) in [6.07, 6.45) is 5.25. The third-order valence-electron chi connectivity index (χ3n) is 6.53. The molecular weight excluding hydrogens is 431 g/mol. The second-order valence-electron chi connectivity index (χ2n) is 9.71. The molecule has 0 aromatic heterocycles. The van der Waals surface area contributed by atoms with E-state index in [0.717, 1.165) is 48.4 Å². The average molecular weight is 466 g/mol. The molecule has 1 fully saturated rings. The van der Waals surface area contributed by atoms with Crippen molar-refractivity contribution in [3.8, 4) is 0 Å². The number of fused-ring (bicyclic) bond motifs is 1. The number of hydrogen-bond donors (Lipinski definition) is 4. The summed E-state index contributed by atoms with van der Waals surface area (Å²) < 4.78 is 0. The standard InChI is InChI=1S/C26H35BN2O5/c1-17(2)15-22(24(30)27(33)34)28-26(32)23(29-25(31)19-10-4-3-5-11-19)16-20-13-8-12-18-9-6-7-14-21(18)20/h6-9,12-14,17,19,22-23,33-34H,3-5,10-11,15-16H2,1-2H3,(H,28,32)(H,29,31)/t22-,23-/m0/s1. The van der Waals surface area contributed by atoms with Crippen LogP contribution in [0.4, 0.5) is 0 Å². The number of carbonyl (C=O) groups is 3. The van der Waals surface area contributed by atoms with Gasteiger partial charge in [-0.05, 0) is 41.5 Å². The van der Waals surface area contributed by atoms with Crippen molar-refractivity contribution in [3.05, 3.63) is 48.0 Å². The summed E-state index contributed by atoms with van der Waals surface area (Å²) in [5.41, 5.74) is 0.0562. The van der Waals surface area contributed by atoms with Crippen LogP contribution >= 0.6 is 0 Å². The van der Waals surface area contributed by atoms with Gasteiger partial charge in [0.15, 0.2) is 5.68 Å². The first-order valence-corrected chi connectivity index (χ1v) is 12.2. The number of amides is 2. The lowest BCUT2D eigenvalue weighted by atomic mass is 9.77. The average Bonchev–Trinajstić information content (AvgIpc) is 2.83. The third kappa shape index (κ3) is 6.90. The van der Waals surface area contributed by atoms with Gasteiger partial charge in [-0.3, -0.25) is 9.59 Å². The molecule has 0 radical (unpaired) electrons. The highest BCUT2D eigenvalue weighted by Gasteiger charge is 2.34. The Kier molecular flexibility index (Phi) is 9.24. The summed E-state index contributed by atoms with van der Waals surface area (Å²) in [5.74, 6) is -0.726. The van der Waals surface area contributed by atoms with Gasteiger partial charge < -0.3 is 25.5 Å². The molecule has 2 atom stereocenters. The van der Waals surface area contributed by atoms with E-state index in [-0.39, 0.29) is 30.6 Å². The third-order valence-corrected chi connectivity index (χ3v) is 6.53. The van der Waals surface area contributed by atoms with Crippen LogP contribution in [0.5, 0.6) is 0 Å². The number of rotatable bonds is 10. The van der Waals surface area contributed by atoms with Gasteiger partial charge in [-0.25, -0.2) is 0 Å². The van der Waals surface area contributed by atoms with Crippen LogP contribution in [0.15, 0.2) is 42.5 Å². The molecule has 182 valence electrons. The minimum atomic E-state index is -2.17. The van der Waals surface area contributed by atoms with E-state index >= 15 is 0 Å². The minimum absolute atomic E-state index is 0.0429. The Morgan fingerprint density at radius 2 is 1.62 bits per heavy atom. The summed E-state index contributed by atoms with van der Waals surface area (Å²) in [7, 11) is -2.17. The Balaban J connectivity index is 1.85. The first-order valence-electron chi connectivity index (χ1n) is 12.2. The smallest absolute Gasteiger partial charge is 0.421 e. The highest BCUT2D eigenvalue weighted by atomic mass is 16.4. The monoisotopic (exact) mass is 466 g/mol. The van der Waals surface area contributed by atoms with Gasteiger partial charge in [0.2, 0.25) is 11.8 Å². The van der Waals surface area contributed by atoms with Crippen molar-refractivity contribution in [2.45, 2.75) is 70.9 Å². The van der Waals surface area contributed by atoms with Gasteiger partial charge in [-0.1, -0.05) is 75.6 Å². The van der Waals surface area contributed by atoms with Crippen LogP contribution in [0.25, 0.3) is 10.8 Å². The summed E-state index contributed by atoms with van der Waals surface area (Å²) in [5, 5.41) is 26.5. The SMILES string of the molecule is CC(C)C[C@H](NC(=O)[C@H](Cc1cccc2ccccc12)NC(=O)C1CCCCC1)C(=O)B(O)O. The summed E-state index contributed by atoms with van der Waals surface area (Å²) >= 11 is 0. The molecule has 0 saturated heterocycles. The maximum atomic E-state index is 13.4. The second-order valence-corrected chi connectivity index (χ2v) is 9.71. The van der Waals surface area contributed by atoms with E-state index in [9.17, 15) is 24.4 Å². The molecule has 7 nitrogen and oxygen atoms in total. The van der Waals surface area contributed by atoms with Crippen molar-refractivity contribution < 1.29 is 24.4 Å². The number of hydrogen-bond acceptors (Lipinski definition) is 5. The molecule has 0 heterocycles. The molecule has 3 rings (SSSR count). The molecule has 34 heavy (non-hydrogen) atoms. The molecule has 0 aliphatic heterocycles. The lowest BCUT2D eigenvalue weighted by Crippen LogP contribution is -2.55. The molecular formula is C26H35BN2O5. The van der Waals surface area contributed by atoms with E-state index in [1.54, 1.807) is 0 Å². The molecule has 0 spiro atoms. The topological polar surface area (TPSA) is 116 Å². The summed E-state index contributed by atoms with van der Waals surface area (Å²) in [6.45, 7) is 3.77. The van der Waals surface area contributed by atoms with Crippen molar-refractivity contribution in [2.24, 2.45) is 11.8 Å². The first kappa shape index (κ1) is 25.9. The zero-order valence-corrected chi connectivity index (χ0v) is 20.0. The quantitative estimate of drug-likeness (QED) is 0.402. The van der Waals surface area contributed by atoms with Gasteiger partial charge >= 0.3 is 7.12 Å². The fourth-order valence-electron chi connectivity index (χ4n) is 4.72. The van der Waals surface area contributed by atoms with E-state index in [0.29, 0.717) is 0 Å². The van der Waals surface area contributed by atoms with Crippen LogP contribution in [0.3, 0.4) is 0 Å². The van der Waals surface area contributed by atoms with Crippen molar-refractivity contribution in [2.75, 3.05) is 0 Å². The van der Waals surface area contributed by atoms with Crippen molar-refractivity contribution in [1.29, 1.82) is 0 Å². The second kappa shape index (κ2) is 12.1. The maximum Gasteiger partial charge on any atom is 0.529 e. The van der Waals surface area contributed by atoms with E-state index in [2.05, 4.69) is 10.6 Å².